The van der Waals surface area contributed by atoms with Crippen LogP contribution in [0.4, 0.5) is 11.5 Å². The molecule has 2 heterocycles. The molecule has 0 unspecified atom stereocenters. The summed E-state index contributed by atoms with van der Waals surface area (Å²) in [5.74, 6) is 2.00. The second kappa shape index (κ2) is 5.04. The SMILES string of the molecule is COc1ccc(Nc2ncnc3[nH]ncc23)cc1OC. The number of H-pyrrole nitrogens is 1. The van der Waals surface area contributed by atoms with E-state index in [-0.39, 0.29) is 0 Å². The summed E-state index contributed by atoms with van der Waals surface area (Å²) in [6.07, 6.45) is 3.15. The zero-order valence-corrected chi connectivity index (χ0v) is 11.0. The lowest BCUT2D eigenvalue weighted by Crippen LogP contribution is -1.97. The second-order valence-corrected chi connectivity index (χ2v) is 4.05. The first-order valence-corrected chi connectivity index (χ1v) is 5.95. The number of hydrogen-bond donors (Lipinski definition) is 2. The van der Waals surface area contributed by atoms with Crippen molar-refractivity contribution in [2.75, 3.05) is 19.5 Å². The second-order valence-electron chi connectivity index (χ2n) is 4.05. The van der Waals surface area contributed by atoms with E-state index in [1.807, 2.05) is 18.2 Å². The van der Waals surface area contributed by atoms with Crippen molar-refractivity contribution in [1.29, 1.82) is 0 Å². The van der Waals surface area contributed by atoms with Crippen molar-refractivity contribution in [2.24, 2.45) is 0 Å². The average Bonchev–Trinajstić information content (AvgIpc) is 2.96. The maximum absolute atomic E-state index is 5.27. The molecule has 0 aliphatic heterocycles. The van der Waals surface area contributed by atoms with Crippen LogP contribution < -0.4 is 14.8 Å². The lowest BCUT2D eigenvalue weighted by Gasteiger charge is -2.11. The van der Waals surface area contributed by atoms with Gasteiger partial charge in [0.1, 0.15) is 12.1 Å². The Bertz CT molecular complexity index is 740. The quantitative estimate of drug-likeness (QED) is 0.756. The highest BCUT2D eigenvalue weighted by molar-refractivity contribution is 5.87. The Morgan fingerprint density at radius 1 is 1.10 bits per heavy atom. The molecule has 0 spiro atoms. The van der Waals surface area contributed by atoms with E-state index in [0.717, 1.165) is 11.1 Å². The highest BCUT2D eigenvalue weighted by Gasteiger charge is 2.08. The first-order valence-electron chi connectivity index (χ1n) is 5.95. The molecule has 0 bridgehead atoms. The summed E-state index contributed by atoms with van der Waals surface area (Å²) in [6, 6.07) is 5.55. The number of methoxy groups -OCH3 is 2. The number of ether oxygens (including phenoxy) is 2. The largest absolute Gasteiger partial charge is 0.493 e. The van der Waals surface area contributed by atoms with E-state index in [2.05, 4.69) is 25.5 Å². The maximum atomic E-state index is 5.27. The molecule has 3 aromatic rings. The molecule has 102 valence electrons. The van der Waals surface area contributed by atoms with Gasteiger partial charge in [0.2, 0.25) is 0 Å². The van der Waals surface area contributed by atoms with E-state index in [0.29, 0.717) is 23.0 Å². The smallest absolute Gasteiger partial charge is 0.162 e. The van der Waals surface area contributed by atoms with Crippen LogP contribution in [0, 0.1) is 0 Å². The number of hydrogen-bond acceptors (Lipinski definition) is 6. The summed E-state index contributed by atoms with van der Waals surface area (Å²) in [4.78, 5) is 8.31. The lowest BCUT2D eigenvalue weighted by atomic mass is 10.2. The van der Waals surface area contributed by atoms with Gasteiger partial charge < -0.3 is 14.8 Å². The minimum Gasteiger partial charge on any atom is -0.493 e. The first-order chi connectivity index (χ1) is 9.81. The molecule has 1 aromatic carbocycles. The molecular formula is C13H13N5O2. The van der Waals surface area contributed by atoms with Gasteiger partial charge in [-0.3, -0.25) is 5.10 Å². The predicted molar refractivity (Wildman–Crippen MR) is 74.5 cm³/mol. The molecule has 0 aliphatic carbocycles. The van der Waals surface area contributed by atoms with E-state index in [1.54, 1.807) is 20.4 Å². The molecule has 0 atom stereocenters. The van der Waals surface area contributed by atoms with Crippen molar-refractivity contribution in [2.45, 2.75) is 0 Å². The summed E-state index contributed by atoms with van der Waals surface area (Å²) in [5, 5.41) is 10.8. The van der Waals surface area contributed by atoms with Crippen LogP contribution in [-0.2, 0) is 0 Å². The fourth-order valence-electron chi connectivity index (χ4n) is 1.92. The molecule has 2 N–H and O–H groups in total. The van der Waals surface area contributed by atoms with E-state index in [4.69, 9.17) is 9.47 Å². The molecule has 7 nitrogen and oxygen atoms in total. The fraction of sp³-hybridized carbons (Fsp3) is 0.154. The minimum atomic E-state index is 0.648. The zero-order valence-electron chi connectivity index (χ0n) is 11.0. The van der Waals surface area contributed by atoms with Gasteiger partial charge in [0, 0.05) is 11.8 Å². The van der Waals surface area contributed by atoms with E-state index < -0.39 is 0 Å². The molecule has 0 radical (unpaired) electrons. The zero-order chi connectivity index (χ0) is 13.9. The molecule has 0 aliphatic rings. The molecule has 0 amide bonds. The van der Waals surface area contributed by atoms with Crippen molar-refractivity contribution < 1.29 is 9.47 Å². The molecule has 3 rings (SSSR count). The minimum absolute atomic E-state index is 0.648. The first kappa shape index (κ1) is 12.2. The van der Waals surface area contributed by atoms with Gasteiger partial charge in [-0.05, 0) is 12.1 Å². The van der Waals surface area contributed by atoms with Crippen molar-refractivity contribution in [1.82, 2.24) is 20.2 Å². The topological polar surface area (TPSA) is 85.0 Å². The summed E-state index contributed by atoms with van der Waals surface area (Å²) < 4.78 is 10.5. The van der Waals surface area contributed by atoms with Gasteiger partial charge >= 0.3 is 0 Å². The van der Waals surface area contributed by atoms with Crippen molar-refractivity contribution >= 4 is 22.5 Å². The maximum Gasteiger partial charge on any atom is 0.162 e. The Hall–Kier alpha value is -2.83. The fourth-order valence-corrected chi connectivity index (χ4v) is 1.92. The van der Waals surface area contributed by atoms with E-state index >= 15 is 0 Å². The van der Waals surface area contributed by atoms with E-state index in [9.17, 15) is 0 Å². The number of fused-ring (bicyclic) bond motifs is 1. The highest BCUT2D eigenvalue weighted by atomic mass is 16.5. The predicted octanol–water partition coefficient (Wildman–Crippen LogP) is 2.11. The van der Waals surface area contributed by atoms with Gasteiger partial charge in [0.05, 0.1) is 25.8 Å². The number of benzene rings is 1. The van der Waals surface area contributed by atoms with Crippen LogP contribution in [0.5, 0.6) is 11.5 Å². The normalized spacial score (nSPS) is 10.5. The van der Waals surface area contributed by atoms with Crippen LogP contribution in [0.15, 0.2) is 30.7 Å². The Morgan fingerprint density at radius 3 is 2.75 bits per heavy atom. The van der Waals surface area contributed by atoms with Gasteiger partial charge in [0.25, 0.3) is 0 Å². The van der Waals surface area contributed by atoms with Crippen LogP contribution in [-0.4, -0.2) is 34.4 Å². The van der Waals surface area contributed by atoms with Gasteiger partial charge in [-0.15, -0.1) is 0 Å². The summed E-state index contributed by atoms with van der Waals surface area (Å²) >= 11 is 0. The highest BCUT2D eigenvalue weighted by Crippen LogP contribution is 2.31. The van der Waals surface area contributed by atoms with Gasteiger partial charge in [-0.2, -0.15) is 5.10 Å². The number of rotatable bonds is 4. The third-order valence-electron chi connectivity index (χ3n) is 2.89. The van der Waals surface area contributed by atoms with Crippen LogP contribution in [0.2, 0.25) is 0 Å². The van der Waals surface area contributed by atoms with Crippen molar-refractivity contribution in [3.63, 3.8) is 0 Å². The Kier molecular flexibility index (Phi) is 3.08. The summed E-state index contributed by atoms with van der Waals surface area (Å²) in [7, 11) is 3.20. The number of nitrogens with zero attached hydrogens (tertiary/aromatic N) is 3. The number of anilines is 2. The summed E-state index contributed by atoms with van der Waals surface area (Å²) in [5.41, 5.74) is 1.52. The Balaban J connectivity index is 1.96. The third kappa shape index (κ3) is 2.09. The van der Waals surface area contributed by atoms with Crippen LogP contribution >= 0.6 is 0 Å². The Morgan fingerprint density at radius 2 is 1.95 bits per heavy atom. The number of nitrogens with one attached hydrogen (secondary N) is 2. The Labute approximate surface area is 115 Å². The number of aromatic nitrogens is 4. The van der Waals surface area contributed by atoms with Gasteiger partial charge in [0.15, 0.2) is 17.1 Å². The lowest BCUT2D eigenvalue weighted by molar-refractivity contribution is 0.355. The molecule has 7 heteroatoms. The summed E-state index contributed by atoms with van der Waals surface area (Å²) in [6.45, 7) is 0. The molecule has 0 saturated heterocycles. The molecule has 0 fully saturated rings. The molecule has 20 heavy (non-hydrogen) atoms. The van der Waals surface area contributed by atoms with Crippen LogP contribution in [0.1, 0.15) is 0 Å². The molecule has 0 saturated carbocycles. The average molecular weight is 271 g/mol. The van der Waals surface area contributed by atoms with E-state index in [1.165, 1.54) is 6.33 Å². The van der Waals surface area contributed by atoms with Gasteiger partial charge in [-0.1, -0.05) is 0 Å². The van der Waals surface area contributed by atoms with Crippen molar-refractivity contribution in [3.8, 4) is 11.5 Å². The van der Waals surface area contributed by atoms with Crippen molar-refractivity contribution in [3.05, 3.63) is 30.7 Å². The number of aromatic amines is 1. The van der Waals surface area contributed by atoms with Gasteiger partial charge in [-0.25, -0.2) is 9.97 Å². The molecule has 2 aromatic heterocycles. The van der Waals surface area contributed by atoms with Crippen LogP contribution in [0.25, 0.3) is 11.0 Å². The standard InChI is InChI=1S/C13H13N5O2/c1-19-10-4-3-8(5-11(10)20-2)17-12-9-6-16-18-13(9)15-7-14-12/h3-7H,1-2H3,(H2,14,15,16,17,18). The third-order valence-corrected chi connectivity index (χ3v) is 2.89. The van der Waals surface area contributed by atoms with Crippen LogP contribution in [0.3, 0.4) is 0 Å². The monoisotopic (exact) mass is 271 g/mol. The molecular weight excluding hydrogens is 258 g/mol.